The van der Waals surface area contributed by atoms with Crippen LogP contribution in [-0.4, -0.2) is 31.3 Å². The maximum atomic E-state index is 11.8. The number of hydrogen-bond acceptors (Lipinski definition) is 3. The van der Waals surface area contributed by atoms with Crippen LogP contribution in [0.25, 0.3) is 0 Å². The number of halogens is 1. The summed E-state index contributed by atoms with van der Waals surface area (Å²) in [6, 6.07) is 5.44. The molecular formula is C13H16ClNO3. The van der Waals surface area contributed by atoms with Crippen LogP contribution in [0.3, 0.4) is 0 Å². The fourth-order valence-electron chi connectivity index (χ4n) is 1.63. The predicted octanol–water partition coefficient (Wildman–Crippen LogP) is 1.93. The lowest BCUT2D eigenvalue weighted by Crippen LogP contribution is -2.52. The van der Waals surface area contributed by atoms with E-state index in [4.69, 9.17) is 21.1 Å². The molecule has 1 unspecified atom stereocenters. The molecule has 0 radical (unpaired) electrons. The number of carbonyl (C=O) groups excluding carboxylic acids is 1. The normalized spacial score (nSPS) is 16.8. The van der Waals surface area contributed by atoms with Gasteiger partial charge in [-0.25, -0.2) is 0 Å². The molecule has 1 atom stereocenters. The van der Waals surface area contributed by atoms with Gasteiger partial charge in [0.05, 0.1) is 19.3 Å². The van der Waals surface area contributed by atoms with Gasteiger partial charge in [0.15, 0.2) is 6.10 Å². The molecule has 2 rings (SSSR count). The molecule has 1 aliphatic rings. The van der Waals surface area contributed by atoms with Gasteiger partial charge in [-0.1, -0.05) is 11.6 Å². The second-order valence-corrected chi connectivity index (χ2v) is 4.85. The Hall–Kier alpha value is -1.26. The molecule has 0 aliphatic carbocycles. The third-order valence-corrected chi connectivity index (χ3v) is 3.03. The first-order valence-electron chi connectivity index (χ1n) is 5.87. The Morgan fingerprint density at radius 1 is 1.56 bits per heavy atom. The van der Waals surface area contributed by atoms with Crippen molar-refractivity contribution in [2.24, 2.45) is 0 Å². The third kappa shape index (κ3) is 3.15. The molecule has 1 amide bonds. The standard InChI is InChI=1S/C13H16ClNO3/c1-8-5-10(14)3-4-12(8)18-9(2)13(16)15-11-6-17-7-11/h3-5,9,11H,6-7H2,1-2H3,(H,15,16). The monoisotopic (exact) mass is 269 g/mol. The molecule has 0 spiro atoms. The molecule has 0 bridgehead atoms. The first-order valence-corrected chi connectivity index (χ1v) is 6.25. The van der Waals surface area contributed by atoms with E-state index in [1.807, 2.05) is 6.92 Å². The molecule has 1 aliphatic heterocycles. The molecule has 5 heteroatoms. The Morgan fingerprint density at radius 2 is 2.28 bits per heavy atom. The highest BCUT2D eigenvalue weighted by Gasteiger charge is 2.24. The van der Waals surface area contributed by atoms with Crippen molar-refractivity contribution < 1.29 is 14.3 Å². The van der Waals surface area contributed by atoms with E-state index in [0.29, 0.717) is 24.0 Å². The Labute approximate surface area is 111 Å². The van der Waals surface area contributed by atoms with Crippen molar-refractivity contribution in [3.05, 3.63) is 28.8 Å². The summed E-state index contributed by atoms with van der Waals surface area (Å²) in [5.41, 5.74) is 0.911. The lowest BCUT2D eigenvalue weighted by Gasteiger charge is -2.28. The van der Waals surface area contributed by atoms with Crippen molar-refractivity contribution in [1.29, 1.82) is 0 Å². The molecule has 98 valence electrons. The highest BCUT2D eigenvalue weighted by atomic mass is 35.5. The van der Waals surface area contributed by atoms with E-state index >= 15 is 0 Å². The van der Waals surface area contributed by atoms with Crippen LogP contribution in [0.2, 0.25) is 5.02 Å². The summed E-state index contributed by atoms with van der Waals surface area (Å²) in [5, 5.41) is 3.51. The van der Waals surface area contributed by atoms with Gasteiger partial charge >= 0.3 is 0 Å². The number of hydrogen-bond donors (Lipinski definition) is 1. The summed E-state index contributed by atoms with van der Waals surface area (Å²) in [6.45, 7) is 4.78. The van der Waals surface area contributed by atoms with E-state index in [1.165, 1.54) is 0 Å². The van der Waals surface area contributed by atoms with Crippen LogP contribution in [0.1, 0.15) is 12.5 Å². The molecule has 1 aromatic rings. The molecule has 1 N–H and O–H groups in total. The number of benzene rings is 1. The van der Waals surface area contributed by atoms with E-state index in [1.54, 1.807) is 25.1 Å². The van der Waals surface area contributed by atoms with Gasteiger partial charge in [-0.05, 0) is 37.6 Å². The van der Waals surface area contributed by atoms with Gasteiger partial charge in [0.25, 0.3) is 5.91 Å². The van der Waals surface area contributed by atoms with E-state index in [2.05, 4.69) is 5.32 Å². The van der Waals surface area contributed by atoms with Gasteiger partial charge in [-0.3, -0.25) is 4.79 Å². The highest BCUT2D eigenvalue weighted by Crippen LogP contribution is 2.22. The largest absolute Gasteiger partial charge is 0.481 e. The van der Waals surface area contributed by atoms with Crippen LogP contribution >= 0.6 is 11.6 Å². The minimum absolute atomic E-state index is 0.120. The van der Waals surface area contributed by atoms with E-state index in [9.17, 15) is 4.79 Å². The maximum absolute atomic E-state index is 11.8. The summed E-state index contributed by atoms with van der Waals surface area (Å²) in [7, 11) is 0. The van der Waals surface area contributed by atoms with Crippen LogP contribution < -0.4 is 10.1 Å². The molecule has 1 saturated heterocycles. The van der Waals surface area contributed by atoms with Crippen molar-refractivity contribution in [2.75, 3.05) is 13.2 Å². The number of amides is 1. The Bertz CT molecular complexity index is 446. The average Bonchev–Trinajstić information content (AvgIpc) is 2.27. The third-order valence-electron chi connectivity index (χ3n) is 2.79. The molecule has 18 heavy (non-hydrogen) atoms. The second-order valence-electron chi connectivity index (χ2n) is 4.41. The molecule has 4 nitrogen and oxygen atoms in total. The average molecular weight is 270 g/mol. The molecule has 1 heterocycles. The van der Waals surface area contributed by atoms with Gasteiger partial charge in [0.1, 0.15) is 5.75 Å². The zero-order valence-corrected chi connectivity index (χ0v) is 11.2. The Morgan fingerprint density at radius 3 is 2.83 bits per heavy atom. The first kappa shape index (κ1) is 13.2. The summed E-state index contributed by atoms with van der Waals surface area (Å²) in [4.78, 5) is 11.8. The van der Waals surface area contributed by atoms with E-state index < -0.39 is 6.10 Å². The highest BCUT2D eigenvalue weighted by molar-refractivity contribution is 6.30. The zero-order valence-electron chi connectivity index (χ0n) is 10.4. The van der Waals surface area contributed by atoms with E-state index in [0.717, 1.165) is 5.56 Å². The van der Waals surface area contributed by atoms with Gasteiger partial charge in [-0.2, -0.15) is 0 Å². The summed E-state index contributed by atoms with van der Waals surface area (Å²) in [6.07, 6.45) is -0.537. The van der Waals surface area contributed by atoms with Gasteiger partial charge < -0.3 is 14.8 Å². The van der Waals surface area contributed by atoms with Crippen molar-refractivity contribution >= 4 is 17.5 Å². The summed E-state index contributed by atoms with van der Waals surface area (Å²) < 4.78 is 10.6. The van der Waals surface area contributed by atoms with Crippen molar-refractivity contribution in [2.45, 2.75) is 26.0 Å². The van der Waals surface area contributed by atoms with Gasteiger partial charge in [-0.15, -0.1) is 0 Å². The summed E-state index contributed by atoms with van der Waals surface area (Å²) in [5.74, 6) is 0.546. The van der Waals surface area contributed by atoms with Gasteiger partial charge in [0, 0.05) is 5.02 Å². The fraction of sp³-hybridized carbons (Fsp3) is 0.462. The minimum Gasteiger partial charge on any atom is -0.481 e. The molecule has 0 aromatic heterocycles. The summed E-state index contributed by atoms with van der Waals surface area (Å²) >= 11 is 5.86. The maximum Gasteiger partial charge on any atom is 0.261 e. The van der Waals surface area contributed by atoms with Crippen LogP contribution in [0.15, 0.2) is 18.2 Å². The lowest BCUT2D eigenvalue weighted by molar-refractivity contribution is -0.131. The first-order chi connectivity index (χ1) is 8.56. The second kappa shape index (κ2) is 5.59. The number of nitrogens with one attached hydrogen (secondary N) is 1. The zero-order chi connectivity index (χ0) is 13.1. The SMILES string of the molecule is Cc1cc(Cl)ccc1OC(C)C(=O)NC1COC1. The van der Waals surface area contributed by atoms with Crippen molar-refractivity contribution in [3.63, 3.8) is 0 Å². The number of ether oxygens (including phenoxy) is 2. The van der Waals surface area contributed by atoms with E-state index in [-0.39, 0.29) is 11.9 Å². The lowest BCUT2D eigenvalue weighted by atomic mass is 10.2. The minimum atomic E-state index is -0.537. The quantitative estimate of drug-likeness (QED) is 0.909. The van der Waals surface area contributed by atoms with Gasteiger partial charge in [0.2, 0.25) is 0 Å². The van der Waals surface area contributed by atoms with Crippen LogP contribution in [0.4, 0.5) is 0 Å². The van der Waals surface area contributed by atoms with Crippen LogP contribution in [-0.2, 0) is 9.53 Å². The fourth-order valence-corrected chi connectivity index (χ4v) is 1.85. The topological polar surface area (TPSA) is 47.6 Å². The van der Waals surface area contributed by atoms with Crippen LogP contribution in [0.5, 0.6) is 5.75 Å². The molecule has 0 saturated carbocycles. The van der Waals surface area contributed by atoms with Crippen LogP contribution in [0, 0.1) is 6.92 Å². The smallest absolute Gasteiger partial charge is 0.261 e. The van der Waals surface area contributed by atoms with Crippen molar-refractivity contribution in [1.82, 2.24) is 5.32 Å². The number of rotatable bonds is 4. The molecular weight excluding hydrogens is 254 g/mol. The molecule has 1 fully saturated rings. The number of aryl methyl sites for hydroxylation is 1. The number of carbonyl (C=O) groups is 1. The molecule has 1 aromatic carbocycles. The van der Waals surface area contributed by atoms with Crippen molar-refractivity contribution in [3.8, 4) is 5.75 Å². The predicted molar refractivity (Wildman–Crippen MR) is 69.0 cm³/mol. The Balaban J connectivity index is 1.92. The Kier molecular flexibility index (Phi) is 4.09.